The van der Waals surface area contributed by atoms with Gasteiger partial charge in [0.25, 0.3) is 0 Å². The van der Waals surface area contributed by atoms with Crippen molar-refractivity contribution in [2.45, 2.75) is 26.1 Å². The Balaban J connectivity index is 2.00. The highest BCUT2D eigenvalue weighted by Gasteiger charge is 2.15. The van der Waals surface area contributed by atoms with E-state index in [-0.39, 0.29) is 12.3 Å². The van der Waals surface area contributed by atoms with Crippen LogP contribution in [0.5, 0.6) is 0 Å². The number of nitrogens with zero attached hydrogens (tertiary/aromatic N) is 1. The van der Waals surface area contributed by atoms with Gasteiger partial charge in [-0.3, -0.25) is 0 Å². The van der Waals surface area contributed by atoms with E-state index >= 15 is 0 Å². The fraction of sp³-hybridized carbons (Fsp3) is 0.308. The Kier molecular flexibility index (Phi) is 4.01. The lowest BCUT2D eigenvalue weighted by atomic mass is 10.1. The third-order valence-corrected chi connectivity index (χ3v) is 4.00. The van der Waals surface area contributed by atoms with Crippen molar-refractivity contribution < 1.29 is 12.9 Å². The van der Waals surface area contributed by atoms with E-state index < -0.39 is 10.0 Å². The first kappa shape index (κ1) is 13.8. The molecule has 2 rings (SSSR count). The largest absolute Gasteiger partial charge is 0.360 e. The Morgan fingerprint density at radius 1 is 1.26 bits per heavy atom. The van der Waals surface area contributed by atoms with Gasteiger partial charge in [0.15, 0.2) is 5.76 Å². The highest BCUT2D eigenvalue weighted by atomic mass is 32.2. The first-order valence-corrected chi connectivity index (χ1v) is 7.55. The van der Waals surface area contributed by atoms with Crippen LogP contribution in [-0.2, 0) is 22.3 Å². The molecule has 1 aromatic heterocycles. The summed E-state index contributed by atoms with van der Waals surface area (Å²) in [4.78, 5) is 0. The van der Waals surface area contributed by atoms with Gasteiger partial charge < -0.3 is 4.52 Å². The lowest BCUT2D eigenvalue weighted by molar-refractivity contribution is 0.388. The van der Waals surface area contributed by atoms with E-state index in [1.165, 1.54) is 0 Å². The van der Waals surface area contributed by atoms with Crippen LogP contribution in [0.3, 0.4) is 0 Å². The minimum absolute atomic E-state index is 0.195. The normalized spacial score (nSPS) is 11.7. The number of aromatic nitrogens is 1. The third kappa shape index (κ3) is 3.90. The highest BCUT2D eigenvalue weighted by Crippen LogP contribution is 2.09. The monoisotopic (exact) mass is 280 g/mol. The molecule has 1 heterocycles. The minimum atomic E-state index is -3.42. The summed E-state index contributed by atoms with van der Waals surface area (Å²) in [5.74, 6) is 0.148. The number of rotatable bonds is 5. The van der Waals surface area contributed by atoms with Crippen molar-refractivity contribution in [3.63, 3.8) is 0 Å². The van der Waals surface area contributed by atoms with Crippen molar-refractivity contribution in [3.8, 4) is 0 Å². The molecule has 2 aromatic rings. The van der Waals surface area contributed by atoms with Crippen molar-refractivity contribution in [1.82, 2.24) is 9.88 Å². The third-order valence-electron chi connectivity index (χ3n) is 2.75. The maximum absolute atomic E-state index is 11.9. The fourth-order valence-electron chi connectivity index (χ4n) is 1.72. The number of hydrogen-bond donors (Lipinski definition) is 1. The number of nitrogens with one attached hydrogen (secondary N) is 1. The van der Waals surface area contributed by atoms with Crippen LogP contribution in [0.2, 0.25) is 0 Å². The van der Waals surface area contributed by atoms with Crippen molar-refractivity contribution >= 4 is 10.0 Å². The molecule has 1 N–H and O–H groups in total. The Labute approximate surface area is 112 Å². The zero-order valence-electron chi connectivity index (χ0n) is 10.9. The van der Waals surface area contributed by atoms with Crippen molar-refractivity contribution in [3.05, 3.63) is 52.9 Å². The standard InChI is InChI=1S/C13H16N2O3S/c1-10-5-3-4-6-12(10)8-14-19(16,17)9-13-7-11(2)15-18-13/h3-7,14H,8-9H2,1-2H3. The van der Waals surface area contributed by atoms with E-state index in [9.17, 15) is 8.42 Å². The molecule has 0 atom stereocenters. The molecule has 1 aromatic carbocycles. The van der Waals surface area contributed by atoms with Gasteiger partial charge in [-0.15, -0.1) is 0 Å². The molecule has 0 saturated heterocycles. The van der Waals surface area contributed by atoms with Crippen LogP contribution in [0.25, 0.3) is 0 Å². The smallest absolute Gasteiger partial charge is 0.219 e. The molecule has 19 heavy (non-hydrogen) atoms. The van der Waals surface area contributed by atoms with E-state index in [4.69, 9.17) is 4.52 Å². The number of hydrogen-bond acceptors (Lipinski definition) is 4. The summed E-state index contributed by atoms with van der Waals surface area (Å²) < 4.78 is 31.3. The highest BCUT2D eigenvalue weighted by molar-refractivity contribution is 7.88. The SMILES string of the molecule is Cc1cc(CS(=O)(=O)NCc2ccccc2C)on1. The van der Waals surface area contributed by atoms with Crippen LogP contribution in [0.4, 0.5) is 0 Å². The summed E-state index contributed by atoms with van der Waals surface area (Å²) in [5, 5.41) is 3.67. The van der Waals surface area contributed by atoms with Crippen molar-refractivity contribution in [2.24, 2.45) is 0 Å². The van der Waals surface area contributed by atoms with Gasteiger partial charge in [0.05, 0.1) is 5.69 Å². The first-order chi connectivity index (χ1) is 8.96. The molecule has 0 radical (unpaired) electrons. The van der Waals surface area contributed by atoms with Gasteiger partial charge in [0, 0.05) is 12.6 Å². The fourth-order valence-corrected chi connectivity index (χ4v) is 2.71. The maximum atomic E-state index is 11.9. The maximum Gasteiger partial charge on any atom is 0.219 e. The topological polar surface area (TPSA) is 72.2 Å². The lowest BCUT2D eigenvalue weighted by Gasteiger charge is -2.07. The molecule has 6 heteroatoms. The van der Waals surface area contributed by atoms with Crippen LogP contribution in [0, 0.1) is 13.8 Å². The first-order valence-electron chi connectivity index (χ1n) is 5.90. The van der Waals surface area contributed by atoms with Gasteiger partial charge >= 0.3 is 0 Å². The number of benzene rings is 1. The Morgan fingerprint density at radius 3 is 2.63 bits per heavy atom. The Bertz CT molecular complexity index is 662. The van der Waals surface area contributed by atoms with E-state index in [2.05, 4.69) is 9.88 Å². The quantitative estimate of drug-likeness (QED) is 0.908. The molecule has 0 aliphatic carbocycles. The molecule has 0 saturated carbocycles. The van der Waals surface area contributed by atoms with E-state index in [0.717, 1.165) is 11.1 Å². The van der Waals surface area contributed by atoms with Gasteiger partial charge in [-0.1, -0.05) is 29.4 Å². The molecule has 102 valence electrons. The molecule has 0 aliphatic rings. The van der Waals surface area contributed by atoms with Crippen LogP contribution in [0.15, 0.2) is 34.9 Å². The zero-order chi connectivity index (χ0) is 13.9. The van der Waals surface area contributed by atoms with Crippen LogP contribution < -0.4 is 4.72 Å². The minimum Gasteiger partial charge on any atom is -0.360 e. The summed E-state index contributed by atoms with van der Waals surface area (Å²) in [6, 6.07) is 9.27. The average Bonchev–Trinajstić information content (AvgIpc) is 2.73. The lowest BCUT2D eigenvalue weighted by Crippen LogP contribution is -2.24. The van der Waals surface area contributed by atoms with E-state index in [1.54, 1.807) is 13.0 Å². The number of aryl methyl sites for hydroxylation is 2. The van der Waals surface area contributed by atoms with Gasteiger partial charge in [0.2, 0.25) is 10.0 Å². The zero-order valence-corrected chi connectivity index (χ0v) is 11.7. The summed E-state index contributed by atoms with van der Waals surface area (Å²) >= 11 is 0. The molecule has 0 fully saturated rings. The molecule has 5 nitrogen and oxygen atoms in total. The second kappa shape index (κ2) is 5.54. The molecular formula is C13H16N2O3S. The molecule has 0 aliphatic heterocycles. The predicted molar refractivity (Wildman–Crippen MR) is 71.9 cm³/mol. The molecule has 0 unspecified atom stereocenters. The summed E-state index contributed by atoms with van der Waals surface area (Å²) in [7, 11) is -3.42. The van der Waals surface area contributed by atoms with Gasteiger partial charge in [-0.25, -0.2) is 13.1 Å². The summed E-state index contributed by atoms with van der Waals surface area (Å²) in [5.41, 5.74) is 2.68. The van der Waals surface area contributed by atoms with Crippen LogP contribution in [-0.4, -0.2) is 13.6 Å². The van der Waals surface area contributed by atoms with Gasteiger partial charge in [-0.05, 0) is 25.0 Å². The molecule has 0 bridgehead atoms. The summed E-state index contributed by atoms with van der Waals surface area (Å²) in [6.07, 6.45) is 0. The molecule has 0 amide bonds. The second-order valence-electron chi connectivity index (χ2n) is 4.44. The second-order valence-corrected chi connectivity index (χ2v) is 6.25. The number of sulfonamides is 1. The Hall–Kier alpha value is -1.66. The van der Waals surface area contributed by atoms with Crippen LogP contribution in [0.1, 0.15) is 22.6 Å². The van der Waals surface area contributed by atoms with Gasteiger partial charge in [0.1, 0.15) is 5.75 Å². The van der Waals surface area contributed by atoms with Crippen molar-refractivity contribution in [2.75, 3.05) is 0 Å². The Morgan fingerprint density at radius 2 is 2.00 bits per heavy atom. The predicted octanol–water partition coefficient (Wildman–Crippen LogP) is 1.91. The molecular weight excluding hydrogens is 264 g/mol. The van der Waals surface area contributed by atoms with Crippen LogP contribution >= 0.6 is 0 Å². The van der Waals surface area contributed by atoms with Gasteiger partial charge in [-0.2, -0.15) is 0 Å². The van der Waals surface area contributed by atoms with Crippen molar-refractivity contribution in [1.29, 1.82) is 0 Å². The van der Waals surface area contributed by atoms with E-state index in [0.29, 0.717) is 11.5 Å². The van der Waals surface area contributed by atoms with E-state index in [1.807, 2.05) is 31.2 Å². The molecule has 0 spiro atoms. The summed E-state index contributed by atoms with van der Waals surface area (Å²) in [6.45, 7) is 3.98. The average molecular weight is 280 g/mol.